The Balaban J connectivity index is 2.09. The van der Waals surface area contributed by atoms with E-state index in [0.717, 1.165) is 12.8 Å². The molecule has 126 valence electrons. The molecule has 0 aromatic heterocycles. The zero-order chi connectivity index (χ0) is 16.9. The molecule has 7 nitrogen and oxygen atoms in total. The summed E-state index contributed by atoms with van der Waals surface area (Å²) in [6.07, 6.45) is 1.57. The van der Waals surface area contributed by atoms with Crippen molar-refractivity contribution in [3.8, 4) is 0 Å². The highest BCUT2D eigenvalue weighted by atomic mass is 32.2. The van der Waals surface area contributed by atoms with E-state index in [1.165, 1.54) is 28.6 Å². The molecule has 1 aliphatic rings. The van der Waals surface area contributed by atoms with Crippen molar-refractivity contribution in [1.29, 1.82) is 0 Å². The molecule has 1 saturated heterocycles. The largest absolute Gasteiger partial charge is 0.352 e. The summed E-state index contributed by atoms with van der Waals surface area (Å²) in [5, 5.41) is 2.74. The van der Waals surface area contributed by atoms with Gasteiger partial charge in [0.25, 0.3) is 5.91 Å². The fourth-order valence-electron chi connectivity index (χ4n) is 2.32. The minimum atomic E-state index is -3.59. The molecule has 1 fully saturated rings. The first kappa shape index (κ1) is 17.4. The summed E-state index contributed by atoms with van der Waals surface area (Å²) in [6, 6.07) is 5.92. The lowest BCUT2D eigenvalue weighted by atomic mass is 10.2. The highest BCUT2D eigenvalue weighted by molar-refractivity contribution is 7.89. The van der Waals surface area contributed by atoms with Crippen LogP contribution in [0.1, 0.15) is 23.7 Å². The molecular weight excluding hydrogens is 318 g/mol. The highest BCUT2D eigenvalue weighted by Gasteiger charge is 2.28. The molecule has 1 aromatic carbocycles. The molecule has 8 heteroatoms. The van der Waals surface area contributed by atoms with Crippen LogP contribution < -0.4 is 5.32 Å². The number of amides is 2. The summed E-state index contributed by atoms with van der Waals surface area (Å²) in [6.45, 7) is 3.88. The molecule has 0 saturated carbocycles. The fraction of sp³-hybridized carbons (Fsp3) is 0.467. The van der Waals surface area contributed by atoms with E-state index < -0.39 is 10.0 Å². The van der Waals surface area contributed by atoms with Crippen molar-refractivity contribution in [2.24, 2.45) is 0 Å². The first-order valence-electron chi connectivity index (χ1n) is 7.56. The molecule has 1 N–H and O–H groups in total. The Hall–Kier alpha value is -1.93. The first-order chi connectivity index (χ1) is 11.0. The van der Waals surface area contributed by atoms with Gasteiger partial charge in [0, 0.05) is 38.3 Å². The topological polar surface area (TPSA) is 86.8 Å². The summed E-state index contributed by atoms with van der Waals surface area (Å²) in [5.41, 5.74) is 0.433. The maximum Gasteiger partial charge on any atom is 0.251 e. The second-order valence-electron chi connectivity index (χ2n) is 5.33. The van der Waals surface area contributed by atoms with Crippen LogP contribution in [-0.2, 0) is 14.8 Å². The van der Waals surface area contributed by atoms with Crippen molar-refractivity contribution in [2.75, 3.05) is 32.7 Å². The molecule has 23 heavy (non-hydrogen) atoms. The van der Waals surface area contributed by atoms with Crippen LogP contribution in [0, 0.1) is 0 Å². The second-order valence-corrected chi connectivity index (χ2v) is 7.26. The van der Waals surface area contributed by atoms with Crippen molar-refractivity contribution >= 4 is 22.3 Å². The number of nitrogens with one attached hydrogen (secondary N) is 1. The monoisotopic (exact) mass is 339 g/mol. The van der Waals surface area contributed by atoms with Crippen LogP contribution in [0.25, 0.3) is 0 Å². The third kappa shape index (κ3) is 4.08. The number of piperazine rings is 1. The van der Waals surface area contributed by atoms with Gasteiger partial charge < -0.3 is 10.2 Å². The normalized spacial score (nSPS) is 16.1. The van der Waals surface area contributed by atoms with E-state index in [2.05, 4.69) is 5.32 Å². The Labute approximate surface area is 136 Å². The van der Waals surface area contributed by atoms with Crippen molar-refractivity contribution < 1.29 is 18.0 Å². The Morgan fingerprint density at radius 1 is 1.17 bits per heavy atom. The van der Waals surface area contributed by atoms with Gasteiger partial charge in [-0.1, -0.05) is 6.92 Å². The van der Waals surface area contributed by atoms with Crippen molar-refractivity contribution in [2.45, 2.75) is 18.2 Å². The molecule has 0 radical (unpaired) electrons. The van der Waals surface area contributed by atoms with Crippen LogP contribution in [0.15, 0.2) is 29.2 Å². The maximum absolute atomic E-state index is 12.6. The molecule has 0 unspecified atom stereocenters. The van der Waals surface area contributed by atoms with Gasteiger partial charge in [0.05, 0.1) is 4.90 Å². The molecule has 0 aliphatic carbocycles. The third-order valence-corrected chi connectivity index (χ3v) is 5.63. The number of hydrogen-bond acceptors (Lipinski definition) is 4. The maximum atomic E-state index is 12.6. The van der Waals surface area contributed by atoms with E-state index in [-0.39, 0.29) is 23.9 Å². The number of carbonyl (C=O) groups is 2. The van der Waals surface area contributed by atoms with Crippen LogP contribution in [0.5, 0.6) is 0 Å². The van der Waals surface area contributed by atoms with Crippen LogP contribution in [0.2, 0.25) is 0 Å². The number of nitrogens with zero attached hydrogens (tertiary/aromatic N) is 2. The molecule has 0 bridgehead atoms. The second kappa shape index (κ2) is 7.56. The minimum absolute atomic E-state index is 0.157. The van der Waals surface area contributed by atoms with Gasteiger partial charge in [-0.3, -0.25) is 9.59 Å². The highest BCUT2D eigenvalue weighted by Crippen LogP contribution is 2.18. The molecular formula is C15H21N3O4S. The first-order valence-corrected chi connectivity index (χ1v) is 9.01. The average Bonchev–Trinajstić information content (AvgIpc) is 2.59. The van der Waals surface area contributed by atoms with Gasteiger partial charge in [-0.05, 0) is 30.7 Å². The fourth-order valence-corrected chi connectivity index (χ4v) is 3.74. The van der Waals surface area contributed by atoms with Gasteiger partial charge >= 0.3 is 0 Å². The van der Waals surface area contributed by atoms with Crippen LogP contribution in [-0.4, -0.2) is 62.7 Å². The van der Waals surface area contributed by atoms with Gasteiger partial charge in [0.15, 0.2) is 0 Å². The summed E-state index contributed by atoms with van der Waals surface area (Å²) < 4.78 is 26.5. The van der Waals surface area contributed by atoms with E-state index in [9.17, 15) is 18.0 Å². The van der Waals surface area contributed by atoms with Crippen molar-refractivity contribution in [1.82, 2.24) is 14.5 Å². The van der Waals surface area contributed by atoms with Gasteiger partial charge in [-0.2, -0.15) is 4.31 Å². The quantitative estimate of drug-likeness (QED) is 0.755. The Morgan fingerprint density at radius 3 is 2.30 bits per heavy atom. The number of carbonyl (C=O) groups excluding carboxylic acids is 2. The summed E-state index contributed by atoms with van der Waals surface area (Å²) in [5.74, 6) is -0.213. The summed E-state index contributed by atoms with van der Waals surface area (Å²) >= 11 is 0. The zero-order valence-electron chi connectivity index (χ0n) is 13.1. The van der Waals surface area contributed by atoms with E-state index >= 15 is 0 Å². The lowest BCUT2D eigenvalue weighted by Crippen LogP contribution is -2.47. The lowest BCUT2D eigenvalue weighted by Gasteiger charge is -2.31. The van der Waals surface area contributed by atoms with Gasteiger partial charge in [0.1, 0.15) is 0 Å². The number of rotatable bonds is 6. The van der Waals surface area contributed by atoms with E-state index in [4.69, 9.17) is 0 Å². The molecule has 1 aliphatic heterocycles. The number of benzene rings is 1. The summed E-state index contributed by atoms with van der Waals surface area (Å²) in [4.78, 5) is 24.2. The lowest BCUT2D eigenvalue weighted by molar-refractivity contribution is -0.119. The molecule has 2 rings (SSSR count). The standard InChI is InChI=1S/C15H21N3O4S/c1-2-7-16-15(20)13-3-5-14(6-4-13)23(21,22)18-10-8-17(12-19)9-11-18/h3-6,12H,2,7-11H2,1H3,(H,16,20). The molecule has 1 aromatic rings. The van der Waals surface area contributed by atoms with Gasteiger partial charge in [0.2, 0.25) is 16.4 Å². The number of sulfonamides is 1. The Bertz CT molecular complexity index is 650. The number of hydrogen-bond donors (Lipinski definition) is 1. The van der Waals surface area contributed by atoms with Gasteiger partial charge in [-0.25, -0.2) is 8.42 Å². The molecule has 0 atom stereocenters. The van der Waals surface area contributed by atoms with E-state index in [0.29, 0.717) is 25.2 Å². The van der Waals surface area contributed by atoms with Crippen LogP contribution in [0.3, 0.4) is 0 Å². The van der Waals surface area contributed by atoms with E-state index in [1.807, 2.05) is 6.92 Å². The molecule has 0 spiro atoms. The third-order valence-electron chi connectivity index (χ3n) is 3.71. The van der Waals surface area contributed by atoms with E-state index in [1.54, 1.807) is 4.90 Å². The molecule has 2 amide bonds. The summed E-state index contributed by atoms with van der Waals surface area (Å²) in [7, 11) is -3.59. The minimum Gasteiger partial charge on any atom is -0.352 e. The molecule has 1 heterocycles. The predicted octanol–water partition coefficient (Wildman–Crippen LogP) is 0.289. The predicted molar refractivity (Wildman–Crippen MR) is 85.5 cm³/mol. The zero-order valence-corrected chi connectivity index (χ0v) is 13.9. The smallest absolute Gasteiger partial charge is 0.251 e. The Kier molecular flexibility index (Phi) is 5.73. The van der Waals surface area contributed by atoms with Crippen molar-refractivity contribution in [3.63, 3.8) is 0 Å². The van der Waals surface area contributed by atoms with Crippen LogP contribution in [0.4, 0.5) is 0 Å². The SMILES string of the molecule is CCCNC(=O)c1ccc(S(=O)(=O)N2CCN(C=O)CC2)cc1. The van der Waals surface area contributed by atoms with Crippen LogP contribution >= 0.6 is 0 Å². The van der Waals surface area contributed by atoms with Gasteiger partial charge in [-0.15, -0.1) is 0 Å². The average molecular weight is 339 g/mol. The Morgan fingerprint density at radius 2 is 1.78 bits per heavy atom. The van der Waals surface area contributed by atoms with Crippen molar-refractivity contribution in [3.05, 3.63) is 29.8 Å².